The van der Waals surface area contributed by atoms with Crippen LogP contribution in [0.3, 0.4) is 0 Å². The van der Waals surface area contributed by atoms with Crippen LogP contribution in [0.5, 0.6) is 0 Å². The molecule has 0 N–H and O–H groups in total. The second kappa shape index (κ2) is 5.80. The number of hydrogen-bond acceptors (Lipinski definition) is 3. The summed E-state index contributed by atoms with van der Waals surface area (Å²) in [5, 5.41) is 0. The Balaban J connectivity index is 1.98. The van der Waals surface area contributed by atoms with E-state index < -0.39 is 0 Å². The SMILES string of the molecule is CN(CC1CCCN1C)C(=O)c1ccc(Br)nc1. The summed E-state index contributed by atoms with van der Waals surface area (Å²) in [5.41, 5.74) is 0.640. The lowest BCUT2D eigenvalue weighted by atomic mass is 10.2. The number of carbonyl (C=O) groups is 1. The van der Waals surface area contributed by atoms with E-state index >= 15 is 0 Å². The van der Waals surface area contributed by atoms with Gasteiger partial charge in [-0.1, -0.05) is 0 Å². The van der Waals surface area contributed by atoms with Gasteiger partial charge in [-0.2, -0.15) is 0 Å². The van der Waals surface area contributed by atoms with E-state index in [2.05, 4.69) is 32.9 Å². The number of pyridine rings is 1. The summed E-state index contributed by atoms with van der Waals surface area (Å²) in [6.45, 7) is 1.91. The normalized spacial score (nSPS) is 20.1. The first kappa shape index (κ1) is 13.5. The molecule has 0 aromatic carbocycles. The number of halogens is 1. The molecule has 1 amide bonds. The summed E-state index contributed by atoms with van der Waals surface area (Å²) in [5.74, 6) is 0.0373. The Morgan fingerprint density at radius 1 is 1.61 bits per heavy atom. The van der Waals surface area contributed by atoms with Crippen LogP contribution in [0, 0.1) is 0 Å². The van der Waals surface area contributed by atoms with Crippen molar-refractivity contribution in [2.45, 2.75) is 18.9 Å². The first-order valence-electron chi connectivity index (χ1n) is 6.15. The van der Waals surface area contributed by atoms with E-state index in [1.807, 2.05) is 7.05 Å². The highest BCUT2D eigenvalue weighted by Crippen LogP contribution is 2.16. The lowest BCUT2D eigenvalue weighted by molar-refractivity contribution is 0.0761. The lowest BCUT2D eigenvalue weighted by Gasteiger charge is -2.25. The van der Waals surface area contributed by atoms with Crippen molar-refractivity contribution in [3.8, 4) is 0 Å². The fraction of sp³-hybridized carbons (Fsp3) is 0.538. The molecule has 1 saturated heterocycles. The Labute approximate surface area is 116 Å². The quantitative estimate of drug-likeness (QED) is 0.801. The van der Waals surface area contributed by atoms with Crippen molar-refractivity contribution < 1.29 is 4.79 Å². The molecule has 1 unspecified atom stereocenters. The second-order valence-electron chi connectivity index (χ2n) is 4.83. The zero-order chi connectivity index (χ0) is 13.1. The molecule has 2 heterocycles. The minimum atomic E-state index is 0.0373. The zero-order valence-corrected chi connectivity index (χ0v) is 12.4. The molecule has 0 aliphatic carbocycles. The molecule has 1 atom stereocenters. The average molecular weight is 312 g/mol. The maximum atomic E-state index is 12.2. The van der Waals surface area contributed by atoms with Crippen LogP contribution in [0.1, 0.15) is 23.2 Å². The van der Waals surface area contributed by atoms with Crippen LogP contribution in [-0.2, 0) is 0 Å². The summed E-state index contributed by atoms with van der Waals surface area (Å²) in [6.07, 6.45) is 4.01. The number of carbonyl (C=O) groups excluding carboxylic acids is 1. The topological polar surface area (TPSA) is 36.4 Å². The summed E-state index contributed by atoms with van der Waals surface area (Å²) >= 11 is 3.27. The van der Waals surface area contributed by atoms with Crippen molar-refractivity contribution in [2.24, 2.45) is 0 Å². The van der Waals surface area contributed by atoms with Gasteiger partial charge in [0.15, 0.2) is 0 Å². The van der Waals surface area contributed by atoms with Gasteiger partial charge >= 0.3 is 0 Å². The van der Waals surface area contributed by atoms with Crippen LogP contribution in [0.15, 0.2) is 22.9 Å². The molecule has 1 aliphatic rings. The molecular formula is C13H18BrN3O. The van der Waals surface area contributed by atoms with Crippen molar-refractivity contribution in [3.05, 3.63) is 28.5 Å². The van der Waals surface area contributed by atoms with Crippen LogP contribution in [0.2, 0.25) is 0 Å². The van der Waals surface area contributed by atoms with Crippen molar-refractivity contribution in [1.29, 1.82) is 0 Å². The van der Waals surface area contributed by atoms with Crippen LogP contribution >= 0.6 is 15.9 Å². The minimum absolute atomic E-state index is 0.0373. The minimum Gasteiger partial charge on any atom is -0.340 e. The number of rotatable bonds is 3. The number of aromatic nitrogens is 1. The molecule has 0 radical (unpaired) electrons. The average Bonchev–Trinajstić information content (AvgIpc) is 2.75. The Hall–Kier alpha value is -0.940. The van der Waals surface area contributed by atoms with Crippen LogP contribution < -0.4 is 0 Å². The molecule has 5 heteroatoms. The first-order chi connectivity index (χ1) is 8.58. The number of likely N-dealkylation sites (N-methyl/N-ethyl adjacent to an activating group) is 2. The van der Waals surface area contributed by atoms with Crippen LogP contribution in [-0.4, -0.2) is 53.9 Å². The number of likely N-dealkylation sites (tertiary alicyclic amines) is 1. The molecule has 4 nitrogen and oxygen atoms in total. The number of hydrogen-bond donors (Lipinski definition) is 0. The maximum absolute atomic E-state index is 12.2. The summed E-state index contributed by atoms with van der Waals surface area (Å²) < 4.78 is 0.747. The zero-order valence-electron chi connectivity index (χ0n) is 10.8. The largest absolute Gasteiger partial charge is 0.340 e. The highest BCUT2D eigenvalue weighted by Gasteiger charge is 2.24. The van der Waals surface area contributed by atoms with E-state index in [0.29, 0.717) is 11.6 Å². The molecule has 1 aromatic rings. The Bertz CT molecular complexity index is 421. The molecule has 1 fully saturated rings. The highest BCUT2D eigenvalue weighted by atomic mass is 79.9. The van der Waals surface area contributed by atoms with Gasteiger partial charge in [-0.15, -0.1) is 0 Å². The van der Waals surface area contributed by atoms with Crippen molar-refractivity contribution >= 4 is 21.8 Å². The highest BCUT2D eigenvalue weighted by molar-refractivity contribution is 9.10. The van der Waals surface area contributed by atoms with Gasteiger partial charge in [-0.25, -0.2) is 4.98 Å². The van der Waals surface area contributed by atoms with Gasteiger partial charge in [-0.05, 0) is 54.5 Å². The number of nitrogens with zero attached hydrogens (tertiary/aromatic N) is 3. The summed E-state index contributed by atoms with van der Waals surface area (Å²) in [7, 11) is 3.98. The second-order valence-corrected chi connectivity index (χ2v) is 5.64. The van der Waals surface area contributed by atoms with Gasteiger partial charge in [0.25, 0.3) is 5.91 Å². The molecule has 1 aromatic heterocycles. The van der Waals surface area contributed by atoms with Crippen molar-refractivity contribution in [3.63, 3.8) is 0 Å². The standard InChI is InChI=1S/C13H18BrN3O/c1-16-7-3-4-11(16)9-17(2)13(18)10-5-6-12(14)15-8-10/h5-6,8,11H,3-4,7,9H2,1-2H3. The van der Waals surface area contributed by atoms with E-state index in [4.69, 9.17) is 0 Å². The lowest BCUT2D eigenvalue weighted by Crippen LogP contribution is -2.39. The van der Waals surface area contributed by atoms with E-state index in [0.717, 1.165) is 17.7 Å². The molecular weight excluding hydrogens is 294 g/mol. The predicted octanol–water partition coefficient (Wildman–Crippen LogP) is 2.01. The Morgan fingerprint density at radius 2 is 2.39 bits per heavy atom. The van der Waals surface area contributed by atoms with E-state index in [1.54, 1.807) is 23.2 Å². The molecule has 2 rings (SSSR count). The molecule has 0 spiro atoms. The third-order valence-corrected chi connectivity index (χ3v) is 3.95. The monoisotopic (exact) mass is 311 g/mol. The molecule has 0 saturated carbocycles. The summed E-state index contributed by atoms with van der Waals surface area (Å²) in [6, 6.07) is 4.08. The van der Waals surface area contributed by atoms with E-state index in [1.165, 1.54) is 12.8 Å². The Kier molecular flexibility index (Phi) is 4.35. The van der Waals surface area contributed by atoms with Gasteiger partial charge in [0.2, 0.25) is 0 Å². The Morgan fingerprint density at radius 3 is 2.94 bits per heavy atom. The van der Waals surface area contributed by atoms with E-state index in [-0.39, 0.29) is 5.91 Å². The van der Waals surface area contributed by atoms with Gasteiger partial charge in [-0.3, -0.25) is 4.79 Å². The van der Waals surface area contributed by atoms with Gasteiger partial charge in [0.05, 0.1) is 5.56 Å². The third kappa shape index (κ3) is 3.09. The number of amides is 1. The fourth-order valence-electron chi connectivity index (χ4n) is 2.33. The summed E-state index contributed by atoms with van der Waals surface area (Å²) in [4.78, 5) is 20.4. The van der Waals surface area contributed by atoms with Crippen molar-refractivity contribution in [2.75, 3.05) is 27.2 Å². The maximum Gasteiger partial charge on any atom is 0.255 e. The molecule has 18 heavy (non-hydrogen) atoms. The van der Waals surface area contributed by atoms with Crippen LogP contribution in [0.25, 0.3) is 0 Å². The van der Waals surface area contributed by atoms with Crippen molar-refractivity contribution in [1.82, 2.24) is 14.8 Å². The molecule has 1 aliphatic heterocycles. The smallest absolute Gasteiger partial charge is 0.255 e. The molecule has 98 valence electrons. The predicted molar refractivity (Wildman–Crippen MR) is 74.5 cm³/mol. The third-order valence-electron chi connectivity index (χ3n) is 3.48. The van der Waals surface area contributed by atoms with Gasteiger partial charge in [0, 0.05) is 25.8 Å². The first-order valence-corrected chi connectivity index (χ1v) is 6.94. The van der Waals surface area contributed by atoms with Gasteiger partial charge < -0.3 is 9.80 Å². The molecule has 0 bridgehead atoms. The van der Waals surface area contributed by atoms with E-state index in [9.17, 15) is 4.79 Å². The fourth-order valence-corrected chi connectivity index (χ4v) is 2.57. The van der Waals surface area contributed by atoms with Gasteiger partial charge in [0.1, 0.15) is 4.60 Å². The van der Waals surface area contributed by atoms with Crippen LogP contribution in [0.4, 0.5) is 0 Å².